The number of hydrogen-bond donors (Lipinski definition) is 3. The molecule has 4 aromatic rings. The first kappa shape index (κ1) is 25.1. The fraction of sp³-hybridized carbons (Fsp3) is 0.467. The van der Waals surface area contributed by atoms with Crippen LogP contribution in [-0.4, -0.2) is 62.7 Å². The van der Waals surface area contributed by atoms with Gasteiger partial charge in [-0.3, -0.25) is 4.79 Å². The van der Waals surface area contributed by atoms with Crippen molar-refractivity contribution in [1.29, 1.82) is 0 Å². The Labute approximate surface area is 233 Å². The Morgan fingerprint density at radius 2 is 1.85 bits per heavy atom. The van der Waals surface area contributed by atoms with Crippen LogP contribution in [0.5, 0.6) is 0 Å². The van der Waals surface area contributed by atoms with Gasteiger partial charge in [-0.25, -0.2) is 14.5 Å². The van der Waals surface area contributed by atoms with Crippen molar-refractivity contribution >= 4 is 23.3 Å². The van der Waals surface area contributed by atoms with Crippen molar-refractivity contribution in [2.24, 2.45) is 0 Å². The van der Waals surface area contributed by atoms with Crippen LogP contribution in [0.3, 0.4) is 0 Å². The van der Waals surface area contributed by atoms with Crippen molar-refractivity contribution in [2.75, 3.05) is 23.3 Å². The van der Waals surface area contributed by atoms with E-state index < -0.39 is 0 Å². The van der Waals surface area contributed by atoms with E-state index in [4.69, 9.17) is 4.42 Å². The summed E-state index contributed by atoms with van der Waals surface area (Å²) in [7, 11) is 0. The van der Waals surface area contributed by atoms with Crippen LogP contribution in [0.15, 0.2) is 59.5 Å². The highest BCUT2D eigenvalue weighted by molar-refractivity contribution is 5.95. The van der Waals surface area contributed by atoms with Crippen molar-refractivity contribution in [3.8, 4) is 11.3 Å². The third-order valence-electron chi connectivity index (χ3n) is 8.40. The van der Waals surface area contributed by atoms with Gasteiger partial charge in [0.15, 0.2) is 11.4 Å². The molecular formula is C30H36N8O2. The summed E-state index contributed by atoms with van der Waals surface area (Å²) >= 11 is 0. The number of piperidine rings is 1. The molecule has 3 aromatic heterocycles. The number of nitrogens with one attached hydrogen (secondary N) is 3. The third kappa shape index (κ3) is 5.54. The molecule has 0 unspecified atom stereocenters. The van der Waals surface area contributed by atoms with E-state index in [-0.39, 0.29) is 11.9 Å². The number of pyridine rings is 1. The summed E-state index contributed by atoms with van der Waals surface area (Å²) in [5.41, 5.74) is 3.56. The summed E-state index contributed by atoms with van der Waals surface area (Å²) < 4.78 is 7.98. The van der Waals surface area contributed by atoms with Crippen LogP contribution in [0.2, 0.25) is 0 Å². The van der Waals surface area contributed by atoms with Crippen LogP contribution in [-0.2, 0) is 0 Å². The van der Waals surface area contributed by atoms with Gasteiger partial charge in [-0.2, -0.15) is 5.10 Å². The number of nitrogens with zero attached hydrogens (tertiary/aromatic N) is 5. The highest BCUT2D eigenvalue weighted by atomic mass is 16.4. The Kier molecular flexibility index (Phi) is 6.85. The molecule has 10 nitrogen and oxygen atoms in total. The van der Waals surface area contributed by atoms with E-state index in [1.807, 2.05) is 34.8 Å². The van der Waals surface area contributed by atoms with E-state index in [1.165, 1.54) is 24.9 Å². The van der Waals surface area contributed by atoms with Crippen LogP contribution in [0.1, 0.15) is 61.7 Å². The Morgan fingerprint density at radius 1 is 0.950 bits per heavy atom. The number of carbonyl (C=O) groups is 1. The van der Waals surface area contributed by atoms with E-state index in [2.05, 4.69) is 48.2 Å². The summed E-state index contributed by atoms with van der Waals surface area (Å²) in [5, 5.41) is 14.9. The average Bonchev–Trinajstić information content (AvgIpc) is 3.47. The molecule has 3 atom stereocenters. The number of benzene rings is 1. The first-order valence-corrected chi connectivity index (χ1v) is 14.6. The lowest BCUT2D eigenvalue weighted by Gasteiger charge is -2.40. The molecule has 3 fully saturated rings. The molecule has 0 bridgehead atoms. The fourth-order valence-electron chi connectivity index (χ4n) is 6.09. The van der Waals surface area contributed by atoms with Crippen molar-refractivity contribution in [3.63, 3.8) is 0 Å². The molecule has 4 heterocycles. The van der Waals surface area contributed by atoms with Crippen LogP contribution in [0.25, 0.3) is 17.0 Å². The Morgan fingerprint density at radius 3 is 2.75 bits per heavy atom. The normalized spacial score (nSPS) is 23.3. The molecular weight excluding hydrogens is 504 g/mol. The van der Waals surface area contributed by atoms with Gasteiger partial charge in [-0.05, 0) is 62.8 Å². The van der Waals surface area contributed by atoms with Gasteiger partial charge in [0.25, 0.3) is 11.9 Å². The van der Waals surface area contributed by atoms with Gasteiger partial charge in [0.2, 0.25) is 0 Å². The molecule has 1 saturated heterocycles. The molecule has 10 heteroatoms. The third-order valence-corrected chi connectivity index (χ3v) is 8.40. The van der Waals surface area contributed by atoms with E-state index in [9.17, 15) is 4.79 Å². The predicted molar refractivity (Wildman–Crippen MR) is 153 cm³/mol. The quantitative estimate of drug-likeness (QED) is 0.304. The maximum absolute atomic E-state index is 12.5. The number of oxazole rings is 1. The van der Waals surface area contributed by atoms with E-state index in [1.54, 1.807) is 12.5 Å². The molecule has 2 aliphatic carbocycles. The zero-order chi connectivity index (χ0) is 26.9. The molecule has 1 amide bonds. The van der Waals surface area contributed by atoms with Gasteiger partial charge >= 0.3 is 0 Å². The highest BCUT2D eigenvalue weighted by Crippen LogP contribution is 2.28. The number of rotatable bonds is 8. The molecule has 2 saturated carbocycles. The highest BCUT2D eigenvalue weighted by Gasteiger charge is 2.30. The second-order valence-corrected chi connectivity index (χ2v) is 11.4. The van der Waals surface area contributed by atoms with Crippen molar-refractivity contribution in [3.05, 3.63) is 60.7 Å². The van der Waals surface area contributed by atoms with Gasteiger partial charge in [-0.1, -0.05) is 25.0 Å². The zero-order valence-corrected chi connectivity index (χ0v) is 22.6. The topological polar surface area (TPSA) is 113 Å². The molecule has 1 aliphatic heterocycles. The summed E-state index contributed by atoms with van der Waals surface area (Å²) in [6.45, 7) is 2.02. The molecule has 3 N–H and O–H groups in total. The van der Waals surface area contributed by atoms with Crippen LogP contribution in [0.4, 0.5) is 11.7 Å². The number of anilines is 2. The zero-order valence-electron chi connectivity index (χ0n) is 22.6. The van der Waals surface area contributed by atoms with Crippen molar-refractivity contribution in [2.45, 2.75) is 75.5 Å². The van der Waals surface area contributed by atoms with Gasteiger partial charge in [0, 0.05) is 48.4 Å². The number of fused-ring (bicyclic) bond motifs is 1. The van der Waals surface area contributed by atoms with Crippen LogP contribution in [0, 0.1) is 0 Å². The van der Waals surface area contributed by atoms with Gasteiger partial charge < -0.3 is 25.3 Å². The van der Waals surface area contributed by atoms with Crippen LogP contribution < -0.4 is 20.9 Å². The minimum atomic E-state index is -0.0291. The van der Waals surface area contributed by atoms with Crippen LogP contribution >= 0.6 is 0 Å². The molecule has 7 rings (SSSR count). The second-order valence-electron chi connectivity index (χ2n) is 11.4. The predicted octanol–water partition coefficient (Wildman–Crippen LogP) is 4.26. The van der Waals surface area contributed by atoms with Gasteiger partial charge in [0.1, 0.15) is 6.33 Å². The molecule has 40 heavy (non-hydrogen) atoms. The lowest BCUT2D eigenvalue weighted by molar-refractivity contribution is 0.0951. The number of carbonyl (C=O) groups excluding carboxylic acids is 1. The molecule has 3 aliphatic rings. The number of aromatic nitrogens is 4. The molecule has 0 radical (unpaired) electrons. The average molecular weight is 541 g/mol. The summed E-state index contributed by atoms with van der Waals surface area (Å²) in [5.74, 6) is 0.634. The largest absolute Gasteiger partial charge is 0.424 e. The SMILES string of the molecule is O=C(NC1CC1)c1cccc(-c2cnc(N[C@@H]3CCCC[C@H]3N[C@H]3CCCN(c4ccc5ncnn5c4)C3)o2)c1. The lowest BCUT2D eigenvalue weighted by Crippen LogP contribution is -2.54. The number of hydrogen-bond acceptors (Lipinski definition) is 8. The molecule has 0 spiro atoms. The number of amides is 1. The minimum Gasteiger partial charge on any atom is -0.424 e. The lowest BCUT2D eigenvalue weighted by atomic mass is 9.89. The first-order valence-electron chi connectivity index (χ1n) is 14.6. The van der Waals surface area contributed by atoms with E-state index in [0.717, 1.165) is 56.4 Å². The van der Waals surface area contributed by atoms with Gasteiger partial charge in [-0.15, -0.1) is 0 Å². The van der Waals surface area contributed by atoms with Gasteiger partial charge in [0.05, 0.1) is 18.1 Å². The maximum atomic E-state index is 12.5. The first-order chi connectivity index (χ1) is 19.7. The standard InChI is InChI=1S/C30H36N8O2/c39-29(35-22-10-11-22)21-6-3-5-20(15-21)27-16-31-30(40-27)36-26-9-2-1-8-25(26)34-23-7-4-14-37(17-23)24-12-13-28-32-19-33-38(28)18-24/h3,5-6,12-13,15-16,18-19,22-23,25-26,34H,1-2,4,7-11,14,17H2,(H,31,36)(H,35,39)/t23-,25+,26+/m0/s1. The van der Waals surface area contributed by atoms with E-state index in [0.29, 0.717) is 35.5 Å². The minimum absolute atomic E-state index is 0.0291. The Hall–Kier alpha value is -3.92. The summed E-state index contributed by atoms with van der Waals surface area (Å²) in [6.07, 6.45) is 14.5. The molecule has 1 aromatic carbocycles. The molecule has 208 valence electrons. The van der Waals surface area contributed by atoms with Crippen molar-refractivity contribution in [1.82, 2.24) is 30.2 Å². The smallest absolute Gasteiger partial charge is 0.295 e. The summed E-state index contributed by atoms with van der Waals surface area (Å²) in [4.78, 5) is 23.8. The summed E-state index contributed by atoms with van der Waals surface area (Å²) in [6, 6.07) is 13.6. The second kappa shape index (κ2) is 10.9. The van der Waals surface area contributed by atoms with E-state index >= 15 is 0 Å². The fourth-order valence-corrected chi connectivity index (χ4v) is 6.09. The monoisotopic (exact) mass is 540 g/mol. The van der Waals surface area contributed by atoms with Crippen molar-refractivity contribution < 1.29 is 9.21 Å². The Balaban J connectivity index is 0.996. The Bertz CT molecular complexity index is 1480. The maximum Gasteiger partial charge on any atom is 0.295 e.